The van der Waals surface area contributed by atoms with Gasteiger partial charge >= 0.3 is 0 Å². The molecule has 0 atom stereocenters. The minimum absolute atomic E-state index is 0.00919. The van der Waals surface area contributed by atoms with Gasteiger partial charge in [0.1, 0.15) is 11.3 Å². The Kier molecular flexibility index (Phi) is 5.60. The summed E-state index contributed by atoms with van der Waals surface area (Å²) in [4.78, 5) is 26.8. The van der Waals surface area contributed by atoms with Crippen LogP contribution in [0.25, 0.3) is 6.08 Å². The molecule has 2 amide bonds. The number of anilines is 1. The average molecular weight is 398 g/mol. The first-order valence-electron chi connectivity index (χ1n) is 8.26. The Labute approximate surface area is 167 Å². The number of ether oxygens (including phenoxy) is 3. The van der Waals surface area contributed by atoms with Gasteiger partial charge in [-0.25, -0.2) is 0 Å². The Bertz CT molecular complexity index is 969. The fourth-order valence-electron chi connectivity index (χ4n) is 2.80. The van der Waals surface area contributed by atoms with Crippen LogP contribution in [0.4, 0.5) is 5.69 Å². The zero-order valence-corrected chi connectivity index (χ0v) is 16.3. The molecule has 0 radical (unpaired) electrons. The molecule has 2 aromatic rings. The van der Waals surface area contributed by atoms with Crippen molar-refractivity contribution >= 4 is 40.9 Å². The van der Waals surface area contributed by atoms with E-state index in [4.69, 9.17) is 26.4 Å². The lowest BCUT2D eigenvalue weighted by atomic mass is 10.1. The van der Waals surface area contributed by atoms with Gasteiger partial charge in [-0.2, -0.15) is 0 Å². The van der Waals surface area contributed by atoms with Crippen LogP contribution in [-0.4, -0.2) is 38.3 Å². The Morgan fingerprint density at radius 2 is 1.68 bits per heavy atom. The summed E-state index contributed by atoms with van der Waals surface area (Å²) in [5.74, 6) is 0.429. The monoisotopic (exact) mass is 398 g/mol. The van der Waals surface area contributed by atoms with Crippen LogP contribution in [0.2, 0.25) is 0 Å². The van der Waals surface area contributed by atoms with Crippen LogP contribution in [0, 0.1) is 0 Å². The van der Waals surface area contributed by atoms with Crippen molar-refractivity contribution in [3.8, 4) is 17.2 Å². The number of carbonyl (C=O) groups is 2. The summed E-state index contributed by atoms with van der Waals surface area (Å²) in [6, 6.07) is 12.0. The Balaban J connectivity index is 2.04. The molecular weight excluding hydrogens is 380 g/mol. The number of methoxy groups -OCH3 is 3. The third-order valence-corrected chi connectivity index (χ3v) is 4.45. The Morgan fingerprint density at radius 1 is 0.964 bits per heavy atom. The van der Waals surface area contributed by atoms with Crippen molar-refractivity contribution < 1.29 is 23.8 Å². The van der Waals surface area contributed by atoms with E-state index in [9.17, 15) is 9.59 Å². The molecule has 28 heavy (non-hydrogen) atoms. The molecule has 0 aromatic heterocycles. The van der Waals surface area contributed by atoms with Crippen molar-refractivity contribution in [2.24, 2.45) is 0 Å². The van der Waals surface area contributed by atoms with Crippen molar-refractivity contribution in [1.29, 1.82) is 0 Å². The maximum atomic E-state index is 13.1. The van der Waals surface area contributed by atoms with Crippen LogP contribution in [0.5, 0.6) is 17.2 Å². The summed E-state index contributed by atoms with van der Waals surface area (Å²) in [5, 5.41) is 2.56. The van der Waals surface area contributed by atoms with Crippen LogP contribution >= 0.6 is 12.2 Å². The van der Waals surface area contributed by atoms with Crippen LogP contribution in [0.3, 0.4) is 0 Å². The molecular formula is C20H18N2O5S. The lowest BCUT2D eigenvalue weighted by Crippen LogP contribution is -2.54. The number of nitrogens with zero attached hydrogens (tertiary/aromatic N) is 1. The maximum absolute atomic E-state index is 13.1. The summed E-state index contributed by atoms with van der Waals surface area (Å²) < 4.78 is 15.8. The summed E-state index contributed by atoms with van der Waals surface area (Å²) in [6.07, 6.45) is 1.46. The third kappa shape index (κ3) is 3.54. The first-order valence-corrected chi connectivity index (χ1v) is 8.67. The van der Waals surface area contributed by atoms with Gasteiger partial charge in [0, 0.05) is 5.56 Å². The smallest absolute Gasteiger partial charge is 0.270 e. The van der Waals surface area contributed by atoms with Crippen LogP contribution in [0.15, 0.2) is 48.0 Å². The number of para-hydroxylation sites is 1. The minimum Gasteiger partial charge on any atom is -0.497 e. The van der Waals surface area contributed by atoms with Crippen molar-refractivity contribution in [2.45, 2.75) is 0 Å². The van der Waals surface area contributed by atoms with E-state index in [0.29, 0.717) is 28.5 Å². The molecule has 7 nitrogen and oxygen atoms in total. The molecule has 0 spiro atoms. The van der Waals surface area contributed by atoms with Crippen LogP contribution in [0.1, 0.15) is 5.56 Å². The highest BCUT2D eigenvalue weighted by Gasteiger charge is 2.34. The molecule has 0 aliphatic carbocycles. The molecule has 3 rings (SSSR count). The predicted molar refractivity (Wildman–Crippen MR) is 109 cm³/mol. The highest BCUT2D eigenvalue weighted by molar-refractivity contribution is 7.80. The van der Waals surface area contributed by atoms with Gasteiger partial charge in [-0.3, -0.25) is 19.8 Å². The molecule has 2 aromatic carbocycles. The van der Waals surface area contributed by atoms with E-state index in [-0.39, 0.29) is 10.7 Å². The van der Waals surface area contributed by atoms with Crippen molar-refractivity contribution in [3.05, 3.63) is 53.6 Å². The first-order chi connectivity index (χ1) is 13.5. The standard InChI is InChI=1S/C20H18N2O5S/c1-25-14-9-7-13(8-10-14)22-19(24)15(18(23)21-20(22)28)11-12-5-4-6-16(26-2)17(12)27-3/h4-11H,1-3H3,(H,21,23,28)/b15-11-. The van der Waals surface area contributed by atoms with E-state index in [0.717, 1.165) is 0 Å². The first kappa shape index (κ1) is 19.4. The van der Waals surface area contributed by atoms with Gasteiger partial charge < -0.3 is 14.2 Å². The van der Waals surface area contributed by atoms with Gasteiger partial charge in [-0.1, -0.05) is 12.1 Å². The Morgan fingerprint density at radius 3 is 2.29 bits per heavy atom. The lowest BCUT2D eigenvalue weighted by Gasteiger charge is -2.29. The van der Waals surface area contributed by atoms with E-state index in [1.54, 1.807) is 49.6 Å². The number of benzene rings is 2. The summed E-state index contributed by atoms with van der Waals surface area (Å²) in [7, 11) is 4.55. The van der Waals surface area contributed by atoms with Gasteiger partial charge in [-0.15, -0.1) is 0 Å². The van der Waals surface area contributed by atoms with Crippen LogP contribution in [-0.2, 0) is 9.59 Å². The predicted octanol–water partition coefficient (Wildman–Crippen LogP) is 2.54. The summed E-state index contributed by atoms with van der Waals surface area (Å²) >= 11 is 5.20. The summed E-state index contributed by atoms with van der Waals surface area (Å²) in [6.45, 7) is 0. The largest absolute Gasteiger partial charge is 0.497 e. The molecule has 8 heteroatoms. The summed E-state index contributed by atoms with van der Waals surface area (Å²) in [5.41, 5.74) is 0.970. The van der Waals surface area contributed by atoms with Crippen LogP contribution < -0.4 is 24.4 Å². The number of carbonyl (C=O) groups excluding carboxylic acids is 2. The topological polar surface area (TPSA) is 77.1 Å². The molecule has 1 heterocycles. The second kappa shape index (κ2) is 8.10. The number of rotatable bonds is 5. The van der Waals surface area contributed by atoms with Crippen molar-refractivity contribution in [1.82, 2.24) is 5.32 Å². The number of amides is 2. The van der Waals surface area contributed by atoms with Gasteiger partial charge in [0.15, 0.2) is 16.6 Å². The number of nitrogens with one attached hydrogen (secondary N) is 1. The van der Waals surface area contributed by atoms with Gasteiger partial charge in [0.2, 0.25) is 0 Å². The minimum atomic E-state index is -0.579. The number of hydrogen-bond donors (Lipinski definition) is 1. The molecule has 0 unspecified atom stereocenters. The maximum Gasteiger partial charge on any atom is 0.270 e. The van der Waals surface area contributed by atoms with Gasteiger partial charge in [0.05, 0.1) is 27.0 Å². The number of thiocarbonyl (C=S) groups is 1. The molecule has 1 aliphatic heterocycles. The highest BCUT2D eigenvalue weighted by Crippen LogP contribution is 2.33. The second-order valence-corrected chi connectivity index (χ2v) is 6.13. The molecule has 0 saturated carbocycles. The van der Waals surface area contributed by atoms with Crippen molar-refractivity contribution in [2.75, 3.05) is 26.2 Å². The van der Waals surface area contributed by atoms with Gasteiger partial charge in [0.25, 0.3) is 11.8 Å². The van der Waals surface area contributed by atoms with E-state index in [2.05, 4.69) is 5.32 Å². The zero-order chi connectivity index (χ0) is 20.3. The van der Waals surface area contributed by atoms with E-state index >= 15 is 0 Å². The van der Waals surface area contributed by atoms with E-state index in [1.165, 1.54) is 25.2 Å². The molecule has 1 aliphatic rings. The van der Waals surface area contributed by atoms with E-state index < -0.39 is 11.8 Å². The fraction of sp³-hybridized carbons (Fsp3) is 0.150. The lowest BCUT2D eigenvalue weighted by molar-refractivity contribution is -0.122. The van der Waals surface area contributed by atoms with Gasteiger partial charge in [-0.05, 0) is 48.6 Å². The quantitative estimate of drug-likeness (QED) is 0.474. The van der Waals surface area contributed by atoms with E-state index in [1.807, 2.05) is 0 Å². The number of hydrogen-bond acceptors (Lipinski definition) is 6. The Hall–Kier alpha value is -3.39. The fourth-order valence-corrected chi connectivity index (χ4v) is 3.09. The molecule has 0 bridgehead atoms. The molecule has 1 N–H and O–H groups in total. The normalized spacial score (nSPS) is 15.5. The average Bonchev–Trinajstić information content (AvgIpc) is 2.71. The molecule has 1 saturated heterocycles. The van der Waals surface area contributed by atoms with Crippen molar-refractivity contribution in [3.63, 3.8) is 0 Å². The SMILES string of the molecule is COc1ccc(N2C(=O)/C(=C\c3cccc(OC)c3OC)C(=O)NC2=S)cc1. The third-order valence-electron chi connectivity index (χ3n) is 4.17. The highest BCUT2D eigenvalue weighted by atomic mass is 32.1. The zero-order valence-electron chi connectivity index (χ0n) is 15.5. The molecule has 144 valence electrons. The second-order valence-electron chi connectivity index (χ2n) is 5.74. The molecule has 1 fully saturated rings.